The second-order valence-corrected chi connectivity index (χ2v) is 6.90. The van der Waals surface area contributed by atoms with Gasteiger partial charge in [0.15, 0.2) is 0 Å². The van der Waals surface area contributed by atoms with Gasteiger partial charge in [0.2, 0.25) is 5.91 Å². The summed E-state index contributed by atoms with van der Waals surface area (Å²) in [6.07, 6.45) is 0.294. The Morgan fingerprint density at radius 3 is 2.37 bits per heavy atom. The monoisotopic (exact) mass is 423 g/mol. The molecule has 0 aromatic heterocycles. The van der Waals surface area contributed by atoms with Crippen LogP contribution in [0.4, 0.5) is 5.69 Å². The number of hydrogen-bond donors (Lipinski definition) is 1. The molecule has 1 N–H and O–H groups in total. The lowest BCUT2D eigenvalue weighted by Crippen LogP contribution is -2.15. The van der Waals surface area contributed by atoms with Crippen LogP contribution in [-0.4, -0.2) is 11.9 Å². The fraction of sp³-hybridized carbons (Fsp3) is 0.0909. The summed E-state index contributed by atoms with van der Waals surface area (Å²) in [5, 5.41) is 2.85. The Morgan fingerprint density at radius 1 is 0.963 bits per heavy atom. The van der Waals surface area contributed by atoms with E-state index >= 15 is 0 Å². The first-order valence-corrected chi connectivity index (χ1v) is 9.23. The van der Waals surface area contributed by atoms with Crippen molar-refractivity contribution in [3.63, 3.8) is 0 Å². The van der Waals surface area contributed by atoms with Crippen LogP contribution in [0.15, 0.2) is 77.3 Å². The summed E-state index contributed by atoms with van der Waals surface area (Å²) in [6, 6.07) is 21.6. The van der Waals surface area contributed by atoms with Crippen molar-refractivity contribution in [1.82, 2.24) is 0 Å². The lowest BCUT2D eigenvalue weighted by atomic mass is 10.1. The summed E-state index contributed by atoms with van der Waals surface area (Å²) < 4.78 is 5.89. The second kappa shape index (κ2) is 8.64. The predicted octanol–water partition coefficient (Wildman–Crippen LogP) is 5.16. The van der Waals surface area contributed by atoms with Crippen molar-refractivity contribution in [1.29, 1.82) is 0 Å². The molecule has 0 bridgehead atoms. The third-order valence-electron chi connectivity index (χ3n) is 4.04. The first-order chi connectivity index (χ1) is 13.0. The minimum atomic E-state index is -0.467. The van der Waals surface area contributed by atoms with E-state index in [1.54, 1.807) is 42.5 Å². The molecule has 136 valence electrons. The molecule has 0 spiro atoms. The fourth-order valence-corrected chi connectivity index (χ4v) is 3.14. The van der Waals surface area contributed by atoms with Gasteiger partial charge in [-0.3, -0.25) is 4.79 Å². The molecular weight excluding hydrogens is 406 g/mol. The quantitative estimate of drug-likeness (QED) is 0.455. The van der Waals surface area contributed by atoms with Gasteiger partial charge < -0.3 is 10.1 Å². The number of carbonyl (C=O) groups excluding carboxylic acids is 2. The number of carbonyl (C=O) groups is 2. The Balaban J connectivity index is 1.66. The van der Waals surface area contributed by atoms with E-state index in [9.17, 15) is 9.59 Å². The van der Waals surface area contributed by atoms with Crippen molar-refractivity contribution < 1.29 is 14.3 Å². The topological polar surface area (TPSA) is 55.4 Å². The van der Waals surface area contributed by atoms with Crippen LogP contribution in [0.1, 0.15) is 21.5 Å². The van der Waals surface area contributed by atoms with Crippen LogP contribution in [0.3, 0.4) is 0 Å². The lowest BCUT2D eigenvalue weighted by molar-refractivity contribution is -0.115. The van der Waals surface area contributed by atoms with Crippen molar-refractivity contribution in [2.75, 3.05) is 5.32 Å². The van der Waals surface area contributed by atoms with E-state index < -0.39 is 5.97 Å². The molecule has 3 rings (SSSR count). The number of para-hydroxylation sites is 1. The molecule has 0 saturated heterocycles. The maximum absolute atomic E-state index is 12.3. The Hall–Kier alpha value is -2.92. The van der Waals surface area contributed by atoms with Gasteiger partial charge in [0, 0.05) is 10.2 Å². The molecule has 27 heavy (non-hydrogen) atoms. The highest BCUT2D eigenvalue weighted by Gasteiger charge is 2.14. The van der Waals surface area contributed by atoms with Gasteiger partial charge >= 0.3 is 5.97 Å². The normalized spacial score (nSPS) is 10.3. The van der Waals surface area contributed by atoms with Crippen LogP contribution >= 0.6 is 15.9 Å². The van der Waals surface area contributed by atoms with Gasteiger partial charge in [-0.25, -0.2) is 4.79 Å². The van der Waals surface area contributed by atoms with Crippen LogP contribution in [0.2, 0.25) is 0 Å². The third kappa shape index (κ3) is 5.05. The number of amides is 1. The number of ether oxygens (including phenoxy) is 1. The SMILES string of the molecule is Cc1ccccc1CC(=O)Nc1ccc(C(=O)Oc2ccccc2)c(Br)c1. The third-order valence-corrected chi connectivity index (χ3v) is 4.69. The molecule has 0 aliphatic carbocycles. The van der Waals surface area contributed by atoms with Gasteiger partial charge in [0.1, 0.15) is 5.75 Å². The second-order valence-electron chi connectivity index (χ2n) is 6.05. The highest BCUT2D eigenvalue weighted by atomic mass is 79.9. The molecule has 0 radical (unpaired) electrons. The van der Waals surface area contributed by atoms with E-state index in [0.717, 1.165) is 11.1 Å². The maximum Gasteiger partial charge on any atom is 0.344 e. The fourth-order valence-electron chi connectivity index (χ4n) is 2.60. The molecule has 0 fully saturated rings. The van der Waals surface area contributed by atoms with Crippen molar-refractivity contribution in [2.24, 2.45) is 0 Å². The van der Waals surface area contributed by atoms with E-state index in [1.807, 2.05) is 37.3 Å². The van der Waals surface area contributed by atoms with Crippen LogP contribution in [0, 0.1) is 6.92 Å². The molecule has 0 aliphatic rings. The number of benzene rings is 3. The number of anilines is 1. The Bertz CT molecular complexity index is 970. The van der Waals surface area contributed by atoms with E-state index in [2.05, 4.69) is 21.2 Å². The number of hydrogen-bond acceptors (Lipinski definition) is 3. The van der Waals surface area contributed by atoms with Crippen molar-refractivity contribution in [2.45, 2.75) is 13.3 Å². The van der Waals surface area contributed by atoms with Crippen molar-refractivity contribution in [3.8, 4) is 5.75 Å². The average molecular weight is 424 g/mol. The minimum absolute atomic E-state index is 0.115. The summed E-state index contributed by atoms with van der Waals surface area (Å²) in [7, 11) is 0. The molecular formula is C22H18BrNO3. The van der Waals surface area contributed by atoms with E-state index in [4.69, 9.17) is 4.74 Å². The van der Waals surface area contributed by atoms with Gasteiger partial charge in [-0.05, 0) is 64.3 Å². The summed E-state index contributed by atoms with van der Waals surface area (Å²) in [5.41, 5.74) is 3.05. The van der Waals surface area contributed by atoms with Gasteiger partial charge in [0.05, 0.1) is 12.0 Å². The molecule has 4 nitrogen and oxygen atoms in total. The van der Waals surface area contributed by atoms with E-state index in [0.29, 0.717) is 27.9 Å². The summed E-state index contributed by atoms with van der Waals surface area (Å²) >= 11 is 3.38. The highest BCUT2D eigenvalue weighted by Crippen LogP contribution is 2.23. The Morgan fingerprint density at radius 2 is 1.67 bits per heavy atom. The van der Waals surface area contributed by atoms with E-state index in [-0.39, 0.29) is 5.91 Å². The van der Waals surface area contributed by atoms with Crippen LogP contribution in [0.5, 0.6) is 5.75 Å². The zero-order valence-electron chi connectivity index (χ0n) is 14.7. The first-order valence-electron chi connectivity index (χ1n) is 8.44. The summed E-state index contributed by atoms with van der Waals surface area (Å²) in [6.45, 7) is 1.98. The smallest absolute Gasteiger partial charge is 0.344 e. The summed E-state index contributed by atoms with van der Waals surface area (Å²) in [4.78, 5) is 24.6. The summed E-state index contributed by atoms with van der Waals surface area (Å²) in [5.74, 6) is -0.105. The molecule has 0 atom stereocenters. The largest absolute Gasteiger partial charge is 0.423 e. The number of esters is 1. The molecule has 1 amide bonds. The minimum Gasteiger partial charge on any atom is -0.423 e. The lowest BCUT2D eigenvalue weighted by Gasteiger charge is -2.10. The number of nitrogens with one attached hydrogen (secondary N) is 1. The predicted molar refractivity (Wildman–Crippen MR) is 109 cm³/mol. The molecule has 3 aromatic rings. The van der Waals surface area contributed by atoms with Crippen LogP contribution in [0.25, 0.3) is 0 Å². The Labute approximate surface area is 166 Å². The number of halogens is 1. The van der Waals surface area contributed by atoms with Gasteiger partial charge in [-0.1, -0.05) is 42.5 Å². The molecule has 0 saturated carbocycles. The van der Waals surface area contributed by atoms with Crippen molar-refractivity contribution >= 4 is 33.5 Å². The molecule has 0 aliphatic heterocycles. The van der Waals surface area contributed by atoms with E-state index in [1.165, 1.54) is 0 Å². The number of rotatable bonds is 5. The first kappa shape index (κ1) is 18.9. The highest BCUT2D eigenvalue weighted by molar-refractivity contribution is 9.10. The van der Waals surface area contributed by atoms with Crippen LogP contribution < -0.4 is 10.1 Å². The van der Waals surface area contributed by atoms with Crippen molar-refractivity contribution in [3.05, 3.63) is 94.0 Å². The van der Waals surface area contributed by atoms with Gasteiger partial charge in [0.25, 0.3) is 0 Å². The zero-order chi connectivity index (χ0) is 19.2. The standard InChI is InChI=1S/C22H18BrNO3/c1-15-7-5-6-8-16(15)13-21(25)24-17-11-12-19(20(23)14-17)22(26)27-18-9-3-2-4-10-18/h2-12,14H,13H2,1H3,(H,24,25). The molecule has 3 aromatic carbocycles. The number of aryl methyl sites for hydroxylation is 1. The molecule has 5 heteroatoms. The van der Waals surface area contributed by atoms with Crippen LogP contribution in [-0.2, 0) is 11.2 Å². The zero-order valence-corrected chi connectivity index (χ0v) is 16.3. The average Bonchev–Trinajstić information content (AvgIpc) is 2.64. The molecule has 0 unspecified atom stereocenters. The molecule has 0 heterocycles. The van der Waals surface area contributed by atoms with Gasteiger partial charge in [-0.15, -0.1) is 0 Å². The Kier molecular flexibility index (Phi) is 6.04. The van der Waals surface area contributed by atoms with Gasteiger partial charge in [-0.2, -0.15) is 0 Å². The maximum atomic E-state index is 12.3.